The Morgan fingerprint density at radius 2 is 2.16 bits per heavy atom. The number of unbranched alkanes of at least 4 members (excludes halogenated alkanes) is 1. The molecule has 0 aromatic carbocycles. The van der Waals surface area contributed by atoms with E-state index in [-0.39, 0.29) is 5.91 Å². The van der Waals surface area contributed by atoms with E-state index in [1.807, 2.05) is 6.07 Å². The summed E-state index contributed by atoms with van der Waals surface area (Å²) in [6.45, 7) is 5.54. The Hall–Kier alpha value is -1.46. The topological polar surface area (TPSA) is 54.5 Å². The van der Waals surface area contributed by atoms with E-state index < -0.39 is 0 Å². The summed E-state index contributed by atoms with van der Waals surface area (Å²) < 4.78 is 5.30. The van der Waals surface area contributed by atoms with Crippen molar-refractivity contribution in [1.82, 2.24) is 15.2 Å². The maximum atomic E-state index is 11.7. The normalized spacial score (nSPS) is 16.2. The van der Waals surface area contributed by atoms with E-state index in [4.69, 9.17) is 4.74 Å². The highest BCUT2D eigenvalue weighted by Crippen LogP contribution is 2.00. The molecule has 5 nitrogen and oxygen atoms in total. The van der Waals surface area contributed by atoms with Gasteiger partial charge in [-0.15, -0.1) is 0 Å². The van der Waals surface area contributed by atoms with Gasteiger partial charge in [-0.05, 0) is 31.5 Å². The molecule has 0 saturated carbocycles. The van der Waals surface area contributed by atoms with Crippen LogP contribution in [0.4, 0.5) is 0 Å². The lowest BCUT2D eigenvalue weighted by Gasteiger charge is -2.26. The van der Waals surface area contributed by atoms with E-state index in [2.05, 4.69) is 15.2 Å². The Kier molecular flexibility index (Phi) is 5.78. The van der Waals surface area contributed by atoms with Crippen LogP contribution in [0.25, 0.3) is 0 Å². The maximum Gasteiger partial charge on any atom is 0.269 e. The molecule has 1 aromatic heterocycles. The van der Waals surface area contributed by atoms with Crippen LogP contribution in [0.3, 0.4) is 0 Å². The van der Waals surface area contributed by atoms with Gasteiger partial charge in [0, 0.05) is 25.8 Å². The lowest BCUT2D eigenvalue weighted by atomic mass is 10.2. The van der Waals surface area contributed by atoms with E-state index in [1.54, 1.807) is 18.3 Å². The van der Waals surface area contributed by atoms with Crippen molar-refractivity contribution in [2.24, 2.45) is 0 Å². The average molecular weight is 263 g/mol. The first-order valence-electron chi connectivity index (χ1n) is 6.85. The van der Waals surface area contributed by atoms with Crippen molar-refractivity contribution < 1.29 is 9.53 Å². The number of aromatic nitrogens is 1. The molecule has 2 rings (SSSR count). The van der Waals surface area contributed by atoms with Gasteiger partial charge in [0.25, 0.3) is 5.91 Å². The van der Waals surface area contributed by atoms with E-state index >= 15 is 0 Å². The van der Waals surface area contributed by atoms with Crippen LogP contribution >= 0.6 is 0 Å². The summed E-state index contributed by atoms with van der Waals surface area (Å²) in [6.07, 6.45) is 3.73. The van der Waals surface area contributed by atoms with Crippen molar-refractivity contribution in [1.29, 1.82) is 0 Å². The summed E-state index contributed by atoms with van der Waals surface area (Å²) in [6, 6.07) is 5.35. The Labute approximate surface area is 114 Å². The number of nitrogens with zero attached hydrogens (tertiary/aromatic N) is 2. The van der Waals surface area contributed by atoms with Crippen LogP contribution in [0.2, 0.25) is 0 Å². The molecular weight excluding hydrogens is 242 g/mol. The van der Waals surface area contributed by atoms with Gasteiger partial charge in [0.2, 0.25) is 0 Å². The van der Waals surface area contributed by atoms with Gasteiger partial charge >= 0.3 is 0 Å². The molecule has 1 aliphatic heterocycles. The predicted molar refractivity (Wildman–Crippen MR) is 73.1 cm³/mol. The standard InChI is InChI=1S/C14H21N3O2/c18-14(13-5-1-2-6-15-13)16-7-3-4-8-17-9-11-19-12-10-17/h1-2,5-6H,3-4,7-12H2,(H,16,18). The van der Waals surface area contributed by atoms with Crippen molar-refractivity contribution in [3.05, 3.63) is 30.1 Å². The molecule has 0 bridgehead atoms. The number of hydrogen-bond donors (Lipinski definition) is 1. The Balaban J connectivity index is 1.55. The van der Waals surface area contributed by atoms with Crippen molar-refractivity contribution in [2.75, 3.05) is 39.4 Å². The van der Waals surface area contributed by atoms with Crippen molar-refractivity contribution in [3.63, 3.8) is 0 Å². The minimum Gasteiger partial charge on any atom is -0.379 e. The van der Waals surface area contributed by atoms with Gasteiger partial charge in [0.15, 0.2) is 0 Å². The number of hydrogen-bond acceptors (Lipinski definition) is 4. The second-order valence-corrected chi connectivity index (χ2v) is 4.63. The lowest BCUT2D eigenvalue weighted by molar-refractivity contribution is 0.0372. The molecular formula is C14H21N3O2. The number of ether oxygens (including phenoxy) is 1. The Morgan fingerprint density at radius 1 is 1.32 bits per heavy atom. The molecule has 2 heterocycles. The summed E-state index contributed by atoms with van der Waals surface area (Å²) in [5.41, 5.74) is 0.482. The largest absolute Gasteiger partial charge is 0.379 e. The van der Waals surface area contributed by atoms with Crippen LogP contribution in [-0.4, -0.2) is 55.2 Å². The van der Waals surface area contributed by atoms with E-state index in [9.17, 15) is 4.79 Å². The zero-order valence-corrected chi connectivity index (χ0v) is 11.2. The molecule has 0 unspecified atom stereocenters. The smallest absolute Gasteiger partial charge is 0.269 e. The predicted octanol–water partition coefficient (Wildman–Crippen LogP) is 0.924. The number of rotatable bonds is 6. The third-order valence-corrected chi connectivity index (χ3v) is 3.19. The SMILES string of the molecule is O=C(NCCCCN1CCOCC1)c1ccccn1. The summed E-state index contributed by atoms with van der Waals surface area (Å²) in [7, 11) is 0. The first-order valence-corrected chi connectivity index (χ1v) is 6.85. The van der Waals surface area contributed by atoms with Crippen LogP contribution in [0.5, 0.6) is 0 Å². The minimum absolute atomic E-state index is 0.0908. The summed E-state index contributed by atoms with van der Waals surface area (Å²) in [5, 5.41) is 2.89. The monoisotopic (exact) mass is 263 g/mol. The molecule has 1 fully saturated rings. The molecule has 0 aliphatic carbocycles. The zero-order valence-electron chi connectivity index (χ0n) is 11.2. The highest BCUT2D eigenvalue weighted by molar-refractivity contribution is 5.92. The number of amides is 1. The van der Waals surface area contributed by atoms with Gasteiger partial charge in [0.1, 0.15) is 5.69 Å². The molecule has 1 aromatic rings. The van der Waals surface area contributed by atoms with Gasteiger partial charge in [-0.1, -0.05) is 6.07 Å². The Bertz CT molecular complexity index is 378. The third kappa shape index (κ3) is 4.96. The number of nitrogens with one attached hydrogen (secondary N) is 1. The van der Waals surface area contributed by atoms with Gasteiger partial charge < -0.3 is 10.1 Å². The molecule has 0 spiro atoms. The average Bonchev–Trinajstić information content (AvgIpc) is 2.49. The fourth-order valence-electron chi connectivity index (χ4n) is 2.07. The highest BCUT2D eigenvalue weighted by Gasteiger charge is 2.09. The summed E-state index contributed by atoms with van der Waals surface area (Å²) in [5.74, 6) is -0.0908. The number of morpholine rings is 1. The highest BCUT2D eigenvalue weighted by atomic mass is 16.5. The fraction of sp³-hybridized carbons (Fsp3) is 0.571. The quantitative estimate of drug-likeness (QED) is 0.776. The number of carbonyl (C=O) groups excluding carboxylic acids is 1. The van der Waals surface area contributed by atoms with Gasteiger partial charge in [0.05, 0.1) is 13.2 Å². The lowest BCUT2D eigenvalue weighted by Crippen LogP contribution is -2.37. The summed E-state index contributed by atoms with van der Waals surface area (Å²) in [4.78, 5) is 18.1. The van der Waals surface area contributed by atoms with Crippen LogP contribution in [0.15, 0.2) is 24.4 Å². The molecule has 1 saturated heterocycles. The third-order valence-electron chi connectivity index (χ3n) is 3.19. The molecule has 0 atom stereocenters. The first kappa shape index (κ1) is 14.0. The van der Waals surface area contributed by atoms with Crippen LogP contribution < -0.4 is 5.32 Å². The second-order valence-electron chi connectivity index (χ2n) is 4.63. The van der Waals surface area contributed by atoms with Crippen molar-refractivity contribution in [3.8, 4) is 0 Å². The molecule has 5 heteroatoms. The van der Waals surface area contributed by atoms with E-state index in [0.29, 0.717) is 12.2 Å². The summed E-state index contributed by atoms with van der Waals surface area (Å²) >= 11 is 0. The van der Waals surface area contributed by atoms with E-state index in [1.165, 1.54) is 0 Å². The number of pyridine rings is 1. The molecule has 1 N–H and O–H groups in total. The molecule has 19 heavy (non-hydrogen) atoms. The molecule has 1 aliphatic rings. The number of carbonyl (C=O) groups is 1. The first-order chi connectivity index (χ1) is 9.36. The van der Waals surface area contributed by atoms with Gasteiger partial charge in [-0.2, -0.15) is 0 Å². The van der Waals surface area contributed by atoms with Gasteiger partial charge in [-0.3, -0.25) is 14.7 Å². The van der Waals surface area contributed by atoms with Crippen LogP contribution in [0.1, 0.15) is 23.3 Å². The molecule has 0 radical (unpaired) electrons. The minimum atomic E-state index is -0.0908. The van der Waals surface area contributed by atoms with Crippen LogP contribution in [-0.2, 0) is 4.74 Å². The van der Waals surface area contributed by atoms with Crippen LogP contribution in [0, 0.1) is 0 Å². The fourth-order valence-corrected chi connectivity index (χ4v) is 2.07. The van der Waals surface area contributed by atoms with Crippen molar-refractivity contribution >= 4 is 5.91 Å². The Morgan fingerprint density at radius 3 is 2.89 bits per heavy atom. The molecule has 104 valence electrons. The second kappa shape index (κ2) is 7.86. The maximum absolute atomic E-state index is 11.7. The zero-order chi connectivity index (χ0) is 13.3. The van der Waals surface area contributed by atoms with E-state index in [0.717, 1.165) is 45.7 Å². The van der Waals surface area contributed by atoms with Gasteiger partial charge in [-0.25, -0.2) is 0 Å². The molecule has 1 amide bonds. The van der Waals surface area contributed by atoms with Crippen molar-refractivity contribution in [2.45, 2.75) is 12.8 Å².